The van der Waals surface area contributed by atoms with Gasteiger partial charge in [-0.1, -0.05) is 0 Å². The highest BCUT2D eigenvalue weighted by atomic mass is 79.9. The van der Waals surface area contributed by atoms with Crippen LogP contribution >= 0.6 is 28.3 Å². The van der Waals surface area contributed by atoms with E-state index in [1.807, 2.05) is 13.0 Å². The first-order valence-electron chi connectivity index (χ1n) is 3.08. The van der Waals surface area contributed by atoms with E-state index in [1.54, 1.807) is 6.20 Å². The molecule has 12 heavy (non-hydrogen) atoms. The van der Waals surface area contributed by atoms with E-state index in [1.165, 1.54) is 0 Å². The van der Waals surface area contributed by atoms with Gasteiger partial charge in [-0.3, -0.25) is 5.41 Å². The topological polar surface area (TPSA) is 62.8 Å². The van der Waals surface area contributed by atoms with Crippen molar-refractivity contribution in [2.75, 3.05) is 0 Å². The van der Waals surface area contributed by atoms with Crippen LogP contribution in [0.15, 0.2) is 16.9 Å². The van der Waals surface area contributed by atoms with Crippen LogP contribution in [0.1, 0.15) is 11.1 Å². The molecule has 0 radical (unpaired) electrons. The summed E-state index contributed by atoms with van der Waals surface area (Å²) < 4.78 is 0.794. The van der Waals surface area contributed by atoms with E-state index in [-0.39, 0.29) is 18.2 Å². The first-order chi connectivity index (χ1) is 5.11. The molecule has 0 spiro atoms. The summed E-state index contributed by atoms with van der Waals surface area (Å²) in [7, 11) is 0. The molecule has 66 valence electrons. The zero-order chi connectivity index (χ0) is 8.43. The molecule has 1 heterocycles. The van der Waals surface area contributed by atoms with Crippen LogP contribution in [0.3, 0.4) is 0 Å². The van der Waals surface area contributed by atoms with Crippen LogP contribution in [0.4, 0.5) is 0 Å². The summed E-state index contributed by atoms with van der Waals surface area (Å²) >= 11 is 3.26. The molecule has 0 aliphatic rings. The van der Waals surface area contributed by atoms with Gasteiger partial charge in [-0.15, -0.1) is 12.4 Å². The lowest BCUT2D eigenvalue weighted by molar-refractivity contribution is 1.20. The molecular formula is C7H9BrClN3. The Kier molecular flexibility index (Phi) is 4.20. The molecule has 0 atom stereocenters. The fourth-order valence-corrected chi connectivity index (χ4v) is 0.922. The molecule has 1 aromatic rings. The molecule has 3 nitrogen and oxygen atoms in total. The highest BCUT2D eigenvalue weighted by Crippen LogP contribution is 2.12. The highest BCUT2D eigenvalue weighted by Gasteiger charge is 1.99. The maximum absolute atomic E-state index is 7.12. The number of nitrogen functional groups attached to an aromatic ring is 1. The Labute approximate surface area is 85.4 Å². The lowest BCUT2D eigenvalue weighted by Crippen LogP contribution is -2.11. The standard InChI is InChI=1S/C7H8BrN3.ClH/c1-4-2-5(7(9)10)3-11-6(4)8;/h2-3H,1H3,(H3,9,10);1H. The number of halogens is 2. The Bertz CT molecular complexity index is 301. The van der Waals surface area contributed by atoms with Crippen molar-refractivity contribution in [2.45, 2.75) is 6.92 Å². The van der Waals surface area contributed by atoms with Gasteiger partial charge in [0.05, 0.1) is 0 Å². The zero-order valence-corrected chi connectivity index (χ0v) is 8.87. The van der Waals surface area contributed by atoms with Crippen LogP contribution in [-0.2, 0) is 0 Å². The van der Waals surface area contributed by atoms with E-state index in [0.717, 1.165) is 10.2 Å². The lowest BCUT2D eigenvalue weighted by atomic mass is 10.2. The van der Waals surface area contributed by atoms with E-state index >= 15 is 0 Å². The number of aromatic nitrogens is 1. The highest BCUT2D eigenvalue weighted by molar-refractivity contribution is 9.10. The van der Waals surface area contributed by atoms with Gasteiger partial charge >= 0.3 is 0 Å². The number of hydrogen-bond donors (Lipinski definition) is 2. The Balaban J connectivity index is 0.00000121. The molecule has 0 saturated heterocycles. The largest absolute Gasteiger partial charge is 0.384 e. The monoisotopic (exact) mass is 249 g/mol. The first-order valence-corrected chi connectivity index (χ1v) is 3.87. The SMILES string of the molecule is Cc1cc(C(=N)N)cnc1Br.Cl. The second kappa shape index (κ2) is 4.42. The number of amidine groups is 1. The van der Waals surface area contributed by atoms with Crippen LogP contribution in [-0.4, -0.2) is 10.8 Å². The van der Waals surface area contributed by atoms with E-state index in [2.05, 4.69) is 20.9 Å². The Morgan fingerprint density at radius 3 is 2.67 bits per heavy atom. The minimum absolute atomic E-state index is 0. The lowest BCUT2D eigenvalue weighted by Gasteiger charge is -1.99. The van der Waals surface area contributed by atoms with Crippen molar-refractivity contribution in [3.63, 3.8) is 0 Å². The van der Waals surface area contributed by atoms with Crippen LogP contribution < -0.4 is 5.73 Å². The van der Waals surface area contributed by atoms with Crippen molar-refractivity contribution in [2.24, 2.45) is 5.73 Å². The number of nitrogens with one attached hydrogen (secondary N) is 1. The molecule has 1 aromatic heterocycles. The molecule has 0 aliphatic heterocycles. The van der Waals surface area contributed by atoms with Crippen molar-refractivity contribution in [3.05, 3.63) is 28.0 Å². The zero-order valence-electron chi connectivity index (χ0n) is 6.47. The van der Waals surface area contributed by atoms with Crippen LogP contribution in [0.5, 0.6) is 0 Å². The number of nitrogens with zero attached hydrogens (tertiary/aromatic N) is 1. The Morgan fingerprint density at radius 1 is 1.67 bits per heavy atom. The smallest absolute Gasteiger partial charge is 0.124 e. The summed E-state index contributed by atoms with van der Waals surface area (Å²) in [5.74, 6) is 0.0492. The predicted molar refractivity (Wildman–Crippen MR) is 54.9 cm³/mol. The van der Waals surface area contributed by atoms with Gasteiger partial charge < -0.3 is 5.73 Å². The summed E-state index contributed by atoms with van der Waals surface area (Å²) in [6, 6.07) is 1.82. The van der Waals surface area contributed by atoms with Crippen LogP contribution in [0, 0.1) is 12.3 Å². The van der Waals surface area contributed by atoms with Crippen molar-refractivity contribution in [1.29, 1.82) is 5.41 Å². The number of hydrogen-bond acceptors (Lipinski definition) is 2. The van der Waals surface area contributed by atoms with Crippen LogP contribution in [0.2, 0.25) is 0 Å². The normalized spacial score (nSPS) is 8.83. The number of nitrogens with two attached hydrogens (primary N) is 1. The molecule has 0 saturated carbocycles. The Morgan fingerprint density at radius 2 is 2.25 bits per heavy atom. The van der Waals surface area contributed by atoms with Gasteiger partial charge in [0.15, 0.2) is 0 Å². The Hall–Kier alpha value is -0.610. The van der Waals surface area contributed by atoms with Gasteiger partial charge in [0, 0.05) is 11.8 Å². The average molecular weight is 251 g/mol. The molecule has 0 aromatic carbocycles. The summed E-state index contributed by atoms with van der Waals surface area (Å²) in [6.45, 7) is 1.91. The second-order valence-electron chi connectivity index (χ2n) is 2.25. The molecule has 0 fully saturated rings. The van der Waals surface area contributed by atoms with E-state index in [9.17, 15) is 0 Å². The molecule has 1 rings (SSSR count). The van der Waals surface area contributed by atoms with Gasteiger partial charge in [-0.05, 0) is 34.5 Å². The fraction of sp³-hybridized carbons (Fsp3) is 0.143. The van der Waals surface area contributed by atoms with Crippen molar-refractivity contribution in [1.82, 2.24) is 4.98 Å². The van der Waals surface area contributed by atoms with Crippen molar-refractivity contribution >= 4 is 34.2 Å². The summed E-state index contributed by atoms with van der Waals surface area (Å²) in [6.07, 6.45) is 1.57. The van der Waals surface area contributed by atoms with E-state index < -0.39 is 0 Å². The molecule has 0 bridgehead atoms. The molecule has 5 heteroatoms. The molecule has 3 N–H and O–H groups in total. The third-order valence-corrected chi connectivity index (χ3v) is 2.16. The van der Waals surface area contributed by atoms with Gasteiger partial charge in [-0.25, -0.2) is 4.98 Å². The van der Waals surface area contributed by atoms with E-state index in [4.69, 9.17) is 11.1 Å². The minimum Gasteiger partial charge on any atom is -0.384 e. The number of pyridine rings is 1. The maximum Gasteiger partial charge on any atom is 0.124 e. The number of aryl methyl sites for hydroxylation is 1. The number of rotatable bonds is 1. The van der Waals surface area contributed by atoms with E-state index in [0.29, 0.717) is 5.56 Å². The van der Waals surface area contributed by atoms with Crippen molar-refractivity contribution < 1.29 is 0 Å². The molecular weight excluding hydrogens is 241 g/mol. The predicted octanol–water partition coefficient (Wildman–Crippen LogP) is 1.86. The minimum atomic E-state index is 0. The van der Waals surface area contributed by atoms with Gasteiger partial charge in [0.2, 0.25) is 0 Å². The second-order valence-corrected chi connectivity index (χ2v) is 3.00. The van der Waals surface area contributed by atoms with Gasteiger partial charge in [-0.2, -0.15) is 0 Å². The van der Waals surface area contributed by atoms with Gasteiger partial charge in [0.1, 0.15) is 10.4 Å². The van der Waals surface area contributed by atoms with Gasteiger partial charge in [0.25, 0.3) is 0 Å². The summed E-state index contributed by atoms with van der Waals surface area (Å²) in [4.78, 5) is 4.00. The fourth-order valence-electron chi connectivity index (χ4n) is 0.705. The third kappa shape index (κ3) is 2.46. The molecule has 0 amide bonds. The summed E-state index contributed by atoms with van der Waals surface area (Å²) in [5, 5.41) is 7.12. The summed E-state index contributed by atoms with van der Waals surface area (Å²) in [5.41, 5.74) is 6.90. The maximum atomic E-state index is 7.12. The third-order valence-electron chi connectivity index (χ3n) is 1.33. The quantitative estimate of drug-likeness (QED) is 0.454. The van der Waals surface area contributed by atoms with Crippen LogP contribution in [0.25, 0.3) is 0 Å². The average Bonchev–Trinajstić information content (AvgIpc) is 1.94. The molecule has 0 unspecified atom stereocenters. The first kappa shape index (κ1) is 11.4. The van der Waals surface area contributed by atoms with Crippen molar-refractivity contribution in [3.8, 4) is 0 Å². The molecule has 0 aliphatic carbocycles.